The van der Waals surface area contributed by atoms with E-state index in [2.05, 4.69) is 205 Å². The van der Waals surface area contributed by atoms with E-state index >= 15 is 0 Å². The minimum absolute atomic E-state index is 0.985. The standard InChI is InChI=1S/C53H35N/c1-2-12-36(13-3-1)51-32-39-16-6-7-17-40(39)33-53(51)54(52-34-42-18-8-9-19-46(42)47-20-10-11-21-48(47)52)45-26-24-35(25-27-45)41-22-23-43-29-44-28-37-14-4-5-15-38(37)30-50(44)49(43)31-41/h1-28,30-34H,29H2. The number of hydrogen-bond acceptors (Lipinski definition) is 1. The van der Waals surface area contributed by atoms with E-state index in [1.165, 1.54) is 87.6 Å². The normalized spacial score (nSPS) is 12.0. The van der Waals surface area contributed by atoms with Crippen LogP contribution in [-0.2, 0) is 6.42 Å². The second kappa shape index (κ2) is 12.3. The van der Waals surface area contributed by atoms with Gasteiger partial charge < -0.3 is 4.90 Å². The fourth-order valence-corrected chi connectivity index (χ4v) is 8.74. The van der Waals surface area contributed by atoms with Crippen LogP contribution in [0.5, 0.6) is 0 Å². The summed E-state index contributed by atoms with van der Waals surface area (Å²) in [4.78, 5) is 2.48. The fourth-order valence-electron chi connectivity index (χ4n) is 8.74. The average molecular weight is 686 g/mol. The van der Waals surface area contributed by atoms with E-state index in [0.717, 1.165) is 23.5 Å². The third-order valence-electron chi connectivity index (χ3n) is 11.4. The van der Waals surface area contributed by atoms with Gasteiger partial charge in [0.1, 0.15) is 0 Å². The molecule has 0 unspecified atom stereocenters. The molecule has 10 aromatic rings. The van der Waals surface area contributed by atoms with E-state index in [1.54, 1.807) is 0 Å². The zero-order valence-corrected chi connectivity index (χ0v) is 29.7. The lowest BCUT2D eigenvalue weighted by Gasteiger charge is -2.30. The van der Waals surface area contributed by atoms with E-state index in [-0.39, 0.29) is 0 Å². The van der Waals surface area contributed by atoms with Gasteiger partial charge in [0.15, 0.2) is 0 Å². The summed E-state index contributed by atoms with van der Waals surface area (Å²) in [5.74, 6) is 0. The van der Waals surface area contributed by atoms with Gasteiger partial charge in [0, 0.05) is 16.6 Å². The van der Waals surface area contributed by atoms with Crippen molar-refractivity contribution in [2.24, 2.45) is 0 Å². The number of hydrogen-bond donors (Lipinski definition) is 0. The lowest BCUT2D eigenvalue weighted by atomic mass is 9.95. The van der Waals surface area contributed by atoms with E-state index in [1.807, 2.05) is 0 Å². The molecule has 0 saturated carbocycles. The summed E-state index contributed by atoms with van der Waals surface area (Å²) in [6.07, 6.45) is 0.985. The molecule has 11 rings (SSSR count). The molecule has 0 radical (unpaired) electrons. The van der Waals surface area contributed by atoms with Crippen LogP contribution in [0.4, 0.5) is 17.1 Å². The molecule has 0 fully saturated rings. The Morgan fingerprint density at radius 3 is 1.57 bits per heavy atom. The summed E-state index contributed by atoms with van der Waals surface area (Å²) < 4.78 is 0. The summed E-state index contributed by atoms with van der Waals surface area (Å²) in [5, 5.41) is 10.0. The fraction of sp³-hybridized carbons (Fsp3) is 0.0189. The second-order valence-corrected chi connectivity index (χ2v) is 14.5. The SMILES string of the molecule is c1ccc(-c2cc3ccccc3cc2N(c2ccc(-c3ccc4c(c3)-c3cc5ccccc5cc3C4)cc2)c2cc3ccccc3c3ccccc23)cc1. The first kappa shape index (κ1) is 30.6. The first-order chi connectivity index (χ1) is 26.7. The molecule has 0 amide bonds. The molecule has 0 spiro atoms. The zero-order chi connectivity index (χ0) is 35.6. The molecule has 1 heteroatoms. The first-order valence-electron chi connectivity index (χ1n) is 18.8. The van der Waals surface area contributed by atoms with Crippen molar-refractivity contribution in [1.82, 2.24) is 0 Å². The van der Waals surface area contributed by atoms with Gasteiger partial charge in [0.25, 0.3) is 0 Å². The minimum Gasteiger partial charge on any atom is -0.309 e. The van der Waals surface area contributed by atoms with Gasteiger partial charge in [0.05, 0.1) is 11.4 Å². The van der Waals surface area contributed by atoms with Gasteiger partial charge in [-0.3, -0.25) is 0 Å². The third-order valence-corrected chi connectivity index (χ3v) is 11.4. The molecular formula is C53H35N. The third kappa shape index (κ3) is 5.01. The highest BCUT2D eigenvalue weighted by atomic mass is 15.1. The van der Waals surface area contributed by atoms with Crippen LogP contribution in [0, 0.1) is 0 Å². The van der Waals surface area contributed by atoms with Crippen LogP contribution >= 0.6 is 0 Å². The Morgan fingerprint density at radius 2 is 0.833 bits per heavy atom. The van der Waals surface area contributed by atoms with Crippen molar-refractivity contribution in [3.8, 4) is 33.4 Å². The van der Waals surface area contributed by atoms with Gasteiger partial charge in [0.2, 0.25) is 0 Å². The Balaban J connectivity index is 1.11. The highest BCUT2D eigenvalue weighted by Crippen LogP contribution is 2.47. The van der Waals surface area contributed by atoms with Crippen LogP contribution < -0.4 is 4.90 Å². The molecule has 0 bridgehead atoms. The molecule has 0 atom stereocenters. The molecule has 0 N–H and O–H groups in total. The van der Waals surface area contributed by atoms with Gasteiger partial charge in [-0.1, -0.05) is 158 Å². The highest BCUT2D eigenvalue weighted by Gasteiger charge is 2.23. The Bertz CT molecular complexity index is 3070. The van der Waals surface area contributed by atoms with E-state index in [9.17, 15) is 0 Å². The molecule has 1 nitrogen and oxygen atoms in total. The predicted molar refractivity (Wildman–Crippen MR) is 230 cm³/mol. The molecule has 1 aliphatic carbocycles. The molecule has 0 saturated heterocycles. The molecular weight excluding hydrogens is 651 g/mol. The molecule has 10 aromatic carbocycles. The molecule has 54 heavy (non-hydrogen) atoms. The van der Waals surface area contributed by atoms with Crippen molar-refractivity contribution < 1.29 is 0 Å². The maximum absolute atomic E-state index is 2.48. The number of rotatable bonds is 5. The van der Waals surface area contributed by atoms with Gasteiger partial charge >= 0.3 is 0 Å². The van der Waals surface area contributed by atoms with Crippen LogP contribution in [0.1, 0.15) is 11.1 Å². The van der Waals surface area contributed by atoms with Gasteiger partial charge in [-0.2, -0.15) is 0 Å². The molecule has 0 aliphatic heterocycles. The Hall–Kier alpha value is -6.96. The van der Waals surface area contributed by atoms with Gasteiger partial charge in [-0.15, -0.1) is 0 Å². The summed E-state index contributed by atoms with van der Waals surface area (Å²) in [5.41, 5.74) is 13.8. The quantitative estimate of drug-likeness (QED) is 0.163. The van der Waals surface area contributed by atoms with Gasteiger partial charge in [-0.05, 0) is 126 Å². The monoisotopic (exact) mass is 685 g/mol. The number of benzene rings is 10. The summed E-state index contributed by atoms with van der Waals surface area (Å²) in [6.45, 7) is 0. The van der Waals surface area contributed by atoms with E-state index in [4.69, 9.17) is 0 Å². The summed E-state index contributed by atoms with van der Waals surface area (Å²) >= 11 is 0. The highest BCUT2D eigenvalue weighted by molar-refractivity contribution is 6.15. The molecule has 0 heterocycles. The number of anilines is 3. The van der Waals surface area contributed by atoms with Crippen molar-refractivity contribution in [3.05, 3.63) is 211 Å². The van der Waals surface area contributed by atoms with Crippen LogP contribution in [0.3, 0.4) is 0 Å². The number of nitrogens with zero attached hydrogens (tertiary/aromatic N) is 1. The van der Waals surface area contributed by atoms with E-state index in [0.29, 0.717) is 0 Å². The van der Waals surface area contributed by atoms with Crippen molar-refractivity contribution in [2.75, 3.05) is 4.90 Å². The Kier molecular flexibility index (Phi) is 7.00. The van der Waals surface area contributed by atoms with Crippen molar-refractivity contribution in [1.29, 1.82) is 0 Å². The smallest absolute Gasteiger partial charge is 0.0546 e. The Labute approximate surface area is 315 Å². The Morgan fingerprint density at radius 1 is 0.296 bits per heavy atom. The van der Waals surface area contributed by atoms with Crippen molar-refractivity contribution >= 4 is 60.2 Å². The molecule has 0 aromatic heterocycles. The second-order valence-electron chi connectivity index (χ2n) is 14.5. The van der Waals surface area contributed by atoms with E-state index < -0.39 is 0 Å². The topological polar surface area (TPSA) is 3.24 Å². The van der Waals surface area contributed by atoms with Crippen molar-refractivity contribution in [3.63, 3.8) is 0 Å². The average Bonchev–Trinajstić information content (AvgIpc) is 3.60. The zero-order valence-electron chi connectivity index (χ0n) is 29.7. The van der Waals surface area contributed by atoms with Crippen LogP contribution in [0.2, 0.25) is 0 Å². The van der Waals surface area contributed by atoms with Crippen LogP contribution in [0.25, 0.3) is 76.5 Å². The predicted octanol–water partition coefficient (Wildman–Crippen LogP) is 14.7. The molecule has 252 valence electrons. The first-order valence-corrected chi connectivity index (χ1v) is 18.8. The largest absolute Gasteiger partial charge is 0.309 e. The minimum atomic E-state index is 0.985. The van der Waals surface area contributed by atoms with Crippen LogP contribution in [0.15, 0.2) is 200 Å². The van der Waals surface area contributed by atoms with Crippen molar-refractivity contribution in [2.45, 2.75) is 6.42 Å². The lowest BCUT2D eigenvalue weighted by molar-refractivity contribution is 1.27. The maximum atomic E-state index is 2.48. The lowest BCUT2D eigenvalue weighted by Crippen LogP contribution is -2.12. The molecule has 1 aliphatic rings. The summed E-state index contributed by atoms with van der Waals surface area (Å²) in [7, 11) is 0. The maximum Gasteiger partial charge on any atom is 0.0546 e. The summed E-state index contributed by atoms with van der Waals surface area (Å²) in [6, 6.07) is 73.9. The van der Waals surface area contributed by atoms with Gasteiger partial charge in [-0.25, -0.2) is 0 Å². The number of fused-ring (bicyclic) bond motifs is 8. The van der Waals surface area contributed by atoms with Crippen LogP contribution in [-0.4, -0.2) is 0 Å².